The van der Waals surface area contributed by atoms with Gasteiger partial charge >= 0.3 is 0 Å². The van der Waals surface area contributed by atoms with Crippen LogP contribution in [-0.2, 0) is 4.74 Å². The molecule has 0 aliphatic carbocycles. The van der Waals surface area contributed by atoms with Crippen LogP contribution in [0.1, 0.15) is 47.5 Å². The van der Waals surface area contributed by atoms with Crippen LogP contribution in [0.15, 0.2) is 11.8 Å². The lowest BCUT2D eigenvalue weighted by Crippen LogP contribution is -2.20. The van der Waals surface area contributed by atoms with Gasteiger partial charge in [0.1, 0.15) is 5.60 Å². The van der Waals surface area contributed by atoms with E-state index in [-0.39, 0.29) is 5.60 Å². The Hall–Kier alpha value is -0.460. The second kappa shape index (κ2) is 4.42. The Kier molecular flexibility index (Phi) is 4.24. The topological polar surface area (TPSA) is 9.23 Å². The summed E-state index contributed by atoms with van der Waals surface area (Å²) in [5.74, 6) is 0. The number of hydrogen-bond donors (Lipinski definition) is 0. The summed E-state index contributed by atoms with van der Waals surface area (Å²) in [6.45, 7) is 10.6. The molecule has 0 fully saturated rings. The van der Waals surface area contributed by atoms with Gasteiger partial charge in [-0.25, -0.2) is 0 Å². The Labute approximate surface area is 70.4 Å². The van der Waals surface area contributed by atoms with E-state index in [0.717, 1.165) is 12.8 Å². The molecule has 0 aromatic heterocycles. The molecule has 1 nitrogen and oxygen atoms in total. The van der Waals surface area contributed by atoms with Crippen LogP contribution in [0.2, 0.25) is 0 Å². The van der Waals surface area contributed by atoms with Crippen LogP contribution >= 0.6 is 0 Å². The Morgan fingerprint density at radius 3 is 2.27 bits per heavy atom. The zero-order valence-corrected chi connectivity index (χ0v) is 8.40. The molecule has 0 N–H and O–H groups in total. The maximum atomic E-state index is 5.57. The fourth-order valence-corrected chi connectivity index (χ4v) is 0.427. The van der Waals surface area contributed by atoms with Crippen molar-refractivity contribution in [3.05, 3.63) is 11.8 Å². The molecule has 0 unspecified atom stereocenters. The van der Waals surface area contributed by atoms with Gasteiger partial charge in [-0.05, 0) is 39.2 Å². The van der Waals surface area contributed by atoms with Crippen LogP contribution < -0.4 is 0 Å². The highest BCUT2D eigenvalue weighted by molar-refractivity contribution is 4.92. The first-order valence-corrected chi connectivity index (χ1v) is 4.35. The van der Waals surface area contributed by atoms with Crippen molar-refractivity contribution in [3.63, 3.8) is 0 Å². The van der Waals surface area contributed by atoms with Gasteiger partial charge in [0.05, 0.1) is 6.26 Å². The number of hydrogen-bond acceptors (Lipinski definition) is 1. The molecule has 0 aromatic carbocycles. The SMILES string of the molecule is CC/C(C)=C/OC(C)(C)CC. The molecule has 11 heavy (non-hydrogen) atoms. The molecule has 0 amide bonds. The van der Waals surface area contributed by atoms with Gasteiger partial charge in [-0.15, -0.1) is 0 Å². The van der Waals surface area contributed by atoms with Crippen molar-refractivity contribution in [2.75, 3.05) is 0 Å². The predicted octanol–water partition coefficient (Wildman–Crippen LogP) is 3.51. The van der Waals surface area contributed by atoms with Gasteiger partial charge in [-0.3, -0.25) is 0 Å². The molecule has 0 aromatic rings. The zero-order valence-electron chi connectivity index (χ0n) is 8.40. The van der Waals surface area contributed by atoms with Gasteiger partial charge in [-0.1, -0.05) is 13.8 Å². The van der Waals surface area contributed by atoms with E-state index < -0.39 is 0 Å². The molecule has 0 aliphatic heterocycles. The number of rotatable bonds is 4. The Morgan fingerprint density at radius 1 is 1.36 bits per heavy atom. The van der Waals surface area contributed by atoms with Gasteiger partial charge < -0.3 is 4.74 Å². The first-order chi connectivity index (χ1) is 5.02. The molecule has 0 aliphatic rings. The first kappa shape index (κ1) is 10.5. The van der Waals surface area contributed by atoms with Crippen LogP contribution in [0.25, 0.3) is 0 Å². The van der Waals surface area contributed by atoms with Crippen LogP contribution in [0.3, 0.4) is 0 Å². The van der Waals surface area contributed by atoms with Gasteiger partial charge in [0, 0.05) is 0 Å². The van der Waals surface area contributed by atoms with Gasteiger partial charge in [0.15, 0.2) is 0 Å². The molecular weight excluding hydrogens is 136 g/mol. The van der Waals surface area contributed by atoms with E-state index in [1.165, 1.54) is 5.57 Å². The highest BCUT2D eigenvalue weighted by Crippen LogP contribution is 2.15. The third kappa shape index (κ3) is 4.88. The van der Waals surface area contributed by atoms with Crippen molar-refractivity contribution in [2.45, 2.75) is 53.1 Å². The largest absolute Gasteiger partial charge is 0.496 e. The monoisotopic (exact) mass is 156 g/mol. The molecule has 0 saturated heterocycles. The lowest BCUT2D eigenvalue weighted by Gasteiger charge is -2.22. The van der Waals surface area contributed by atoms with Gasteiger partial charge in [0.25, 0.3) is 0 Å². The quantitative estimate of drug-likeness (QED) is 0.566. The summed E-state index contributed by atoms with van der Waals surface area (Å²) in [7, 11) is 0. The molecule has 1 heteroatoms. The standard InChI is InChI=1S/C10H20O/c1-6-9(3)8-11-10(4,5)7-2/h8H,6-7H2,1-5H3/b9-8+. The Morgan fingerprint density at radius 2 is 1.91 bits per heavy atom. The minimum Gasteiger partial charge on any atom is -0.496 e. The summed E-state index contributed by atoms with van der Waals surface area (Å²) in [4.78, 5) is 0. The van der Waals surface area contributed by atoms with E-state index >= 15 is 0 Å². The lowest BCUT2D eigenvalue weighted by atomic mass is 10.1. The summed E-state index contributed by atoms with van der Waals surface area (Å²) in [5.41, 5.74) is 1.29. The van der Waals surface area contributed by atoms with Crippen molar-refractivity contribution < 1.29 is 4.74 Å². The summed E-state index contributed by atoms with van der Waals surface area (Å²) in [5, 5.41) is 0. The molecule has 0 spiro atoms. The maximum Gasteiger partial charge on any atom is 0.102 e. The first-order valence-electron chi connectivity index (χ1n) is 4.35. The van der Waals surface area contributed by atoms with E-state index in [2.05, 4.69) is 34.6 Å². The van der Waals surface area contributed by atoms with E-state index in [1.54, 1.807) is 0 Å². The number of allylic oxidation sites excluding steroid dienone is 1. The van der Waals surface area contributed by atoms with Crippen molar-refractivity contribution in [3.8, 4) is 0 Å². The molecule has 0 heterocycles. The summed E-state index contributed by atoms with van der Waals surface area (Å²) >= 11 is 0. The molecule has 0 saturated carbocycles. The van der Waals surface area contributed by atoms with Crippen molar-refractivity contribution in [2.24, 2.45) is 0 Å². The van der Waals surface area contributed by atoms with Crippen LogP contribution in [-0.4, -0.2) is 5.60 Å². The van der Waals surface area contributed by atoms with Crippen molar-refractivity contribution in [1.82, 2.24) is 0 Å². The highest BCUT2D eigenvalue weighted by Gasteiger charge is 2.13. The minimum atomic E-state index is -0.00354. The lowest BCUT2D eigenvalue weighted by molar-refractivity contribution is 0.0525. The normalized spacial score (nSPS) is 13.4. The van der Waals surface area contributed by atoms with E-state index in [0.29, 0.717) is 0 Å². The molecular formula is C10H20O. The second-order valence-electron chi connectivity index (χ2n) is 3.55. The van der Waals surface area contributed by atoms with Crippen LogP contribution in [0, 0.1) is 0 Å². The molecule has 0 bridgehead atoms. The van der Waals surface area contributed by atoms with E-state index in [1.807, 2.05) is 6.26 Å². The van der Waals surface area contributed by atoms with Gasteiger partial charge in [-0.2, -0.15) is 0 Å². The maximum absolute atomic E-state index is 5.57. The molecule has 0 rings (SSSR count). The van der Waals surface area contributed by atoms with Gasteiger partial charge in [0.2, 0.25) is 0 Å². The Bertz CT molecular complexity index is 134. The molecule has 0 radical (unpaired) electrons. The third-order valence-electron chi connectivity index (χ3n) is 1.99. The highest BCUT2D eigenvalue weighted by atomic mass is 16.5. The molecule has 66 valence electrons. The second-order valence-corrected chi connectivity index (χ2v) is 3.55. The summed E-state index contributed by atoms with van der Waals surface area (Å²) in [6, 6.07) is 0. The zero-order chi connectivity index (χ0) is 8.91. The minimum absolute atomic E-state index is 0.00354. The summed E-state index contributed by atoms with van der Waals surface area (Å²) in [6.07, 6.45) is 3.99. The Balaban J connectivity index is 3.86. The third-order valence-corrected chi connectivity index (χ3v) is 1.99. The smallest absolute Gasteiger partial charge is 0.102 e. The fraction of sp³-hybridized carbons (Fsp3) is 0.800. The van der Waals surface area contributed by atoms with Crippen LogP contribution in [0.4, 0.5) is 0 Å². The number of ether oxygens (including phenoxy) is 1. The van der Waals surface area contributed by atoms with Crippen molar-refractivity contribution >= 4 is 0 Å². The van der Waals surface area contributed by atoms with E-state index in [9.17, 15) is 0 Å². The average Bonchev–Trinajstić information content (AvgIpc) is 2.00. The van der Waals surface area contributed by atoms with E-state index in [4.69, 9.17) is 4.74 Å². The summed E-state index contributed by atoms with van der Waals surface area (Å²) < 4.78 is 5.57. The predicted molar refractivity (Wildman–Crippen MR) is 49.5 cm³/mol. The average molecular weight is 156 g/mol. The van der Waals surface area contributed by atoms with Crippen molar-refractivity contribution in [1.29, 1.82) is 0 Å². The van der Waals surface area contributed by atoms with Crippen LogP contribution in [0.5, 0.6) is 0 Å². The fourth-order valence-electron chi connectivity index (χ4n) is 0.427. The molecule has 0 atom stereocenters.